The van der Waals surface area contributed by atoms with Crippen molar-refractivity contribution in [3.05, 3.63) is 75.0 Å². The smallest absolute Gasteiger partial charge is 0.338 e. The zero-order chi connectivity index (χ0) is 20.3. The third kappa shape index (κ3) is 4.43. The van der Waals surface area contributed by atoms with Crippen LogP contribution in [0.4, 0.5) is 5.69 Å². The van der Waals surface area contributed by atoms with Crippen molar-refractivity contribution in [2.24, 2.45) is 0 Å². The Kier molecular flexibility index (Phi) is 6.16. The van der Waals surface area contributed by atoms with Gasteiger partial charge in [0.25, 0.3) is 5.91 Å². The predicted molar refractivity (Wildman–Crippen MR) is 111 cm³/mol. The number of carbonyl (C=O) groups is 2. The fraction of sp³-hybridized carbons (Fsp3) is 0.150. The summed E-state index contributed by atoms with van der Waals surface area (Å²) >= 11 is 9.51. The zero-order valence-corrected chi connectivity index (χ0v) is 17.5. The van der Waals surface area contributed by atoms with Crippen LogP contribution >= 0.6 is 27.5 Å². The number of halogens is 2. The Morgan fingerprint density at radius 3 is 2.43 bits per heavy atom. The van der Waals surface area contributed by atoms with E-state index in [0.717, 1.165) is 21.5 Å². The fourth-order valence-corrected chi connectivity index (χ4v) is 3.08. The lowest BCUT2D eigenvalue weighted by atomic mass is 10.2. The van der Waals surface area contributed by atoms with Crippen LogP contribution in [0.5, 0.6) is 0 Å². The Bertz CT molecular complexity index is 1030. The van der Waals surface area contributed by atoms with E-state index in [2.05, 4.69) is 26.3 Å². The SMILES string of the molecule is Cc1nn(-c2ccc(C(=O)OCC(=O)Nc3ccccc3Br)cc2)c(C)c1Cl. The van der Waals surface area contributed by atoms with E-state index in [0.29, 0.717) is 16.3 Å². The highest BCUT2D eigenvalue weighted by Gasteiger charge is 2.14. The van der Waals surface area contributed by atoms with Crippen LogP contribution in [0.15, 0.2) is 53.0 Å². The highest BCUT2D eigenvalue weighted by atomic mass is 79.9. The van der Waals surface area contributed by atoms with Gasteiger partial charge in [0.05, 0.1) is 33.3 Å². The van der Waals surface area contributed by atoms with Crippen LogP contribution in [0.1, 0.15) is 21.7 Å². The summed E-state index contributed by atoms with van der Waals surface area (Å²) in [5, 5.41) is 7.66. The second-order valence-corrected chi connectivity index (χ2v) is 7.28. The Morgan fingerprint density at radius 2 is 1.82 bits per heavy atom. The first-order chi connectivity index (χ1) is 13.4. The van der Waals surface area contributed by atoms with Crippen molar-refractivity contribution >= 4 is 45.1 Å². The van der Waals surface area contributed by atoms with Gasteiger partial charge in [-0.1, -0.05) is 23.7 Å². The maximum absolute atomic E-state index is 12.2. The van der Waals surface area contributed by atoms with E-state index in [4.69, 9.17) is 16.3 Å². The largest absolute Gasteiger partial charge is 0.452 e. The van der Waals surface area contributed by atoms with Crippen molar-refractivity contribution in [3.63, 3.8) is 0 Å². The molecule has 144 valence electrons. The van der Waals surface area contributed by atoms with Gasteiger partial charge in [-0.15, -0.1) is 0 Å². The van der Waals surface area contributed by atoms with Crippen molar-refractivity contribution < 1.29 is 14.3 Å². The molecule has 8 heteroatoms. The standard InChI is InChI=1S/C20H17BrClN3O3/c1-12-19(22)13(2)25(24-12)15-9-7-14(8-10-15)20(27)28-11-18(26)23-17-6-4-3-5-16(17)21/h3-10H,11H2,1-2H3,(H,23,26). The molecule has 0 spiro atoms. The third-order valence-electron chi connectivity index (χ3n) is 4.03. The molecule has 1 amide bonds. The highest BCUT2D eigenvalue weighted by molar-refractivity contribution is 9.10. The quantitative estimate of drug-likeness (QED) is 0.558. The summed E-state index contributed by atoms with van der Waals surface area (Å²) in [6.45, 7) is 3.32. The summed E-state index contributed by atoms with van der Waals surface area (Å²) in [5.41, 5.74) is 3.27. The van der Waals surface area contributed by atoms with Crippen LogP contribution in [0.2, 0.25) is 5.02 Å². The molecule has 0 aliphatic heterocycles. The van der Waals surface area contributed by atoms with Gasteiger partial charge in [-0.05, 0) is 66.2 Å². The number of nitrogens with one attached hydrogen (secondary N) is 1. The average molecular weight is 463 g/mol. The van der Waals surface area contributed by atoms with E-state index < -0.39 is 11.9 Å². The molecule has 6 nitrogen and oxygen atoms in total. The molecule has 0 bridgehead atoms. The molecule has 0 saturated heterocycles. The molecule has 1 aromatic heterocycles. The number of benzene rings is 2. The van der Waals surface area contributed by atoms with Gasteiger partial charge >= 0.3 is 5.97 Å². The number of hydrogen-bond acceptors (Lipinski definition) is 4. The molecular formula is C20H17BrClN3O3. The van der Waals surface area contributed by atoms with E-state index >= 15 is 0 Å². The molecule has 0 aliphatic rings. The molecule has 0 unspecified atom stereocenters. The van der Waals surface area contributed by atoms with Crippen molar-refractivity contribution in [3.8, 4) is 5.69 Å². The number of nitrogens with zero attached hydrogens (tertiary/aromatic N) is 2. The monoisotopic (exact) mass is 461 g/mol. The van der Waals surface area contributed by atoms with Gasteiger partial charge in [-0.3, -0.25) is 4.79 Å². The molecule has 2 aromatic carbocycles. The summed E-state index contributed by atoms with van der Waals surface area (Å²) in [4.78, 5) is 24.2. The van der Waals surface area contributed by atoms with Crippen LogP contribution < -0.4 is 5.32 Å². The first-order valence-electron chi connectivity index (χ1n) is 8.40. The number of ether oxygens (including phenoxy) is 1. The number of rotatable bonds is 5. The Morgan fingerprint density at radius 1 is 1.14 bits per heavy atom. The highest BCUT2D eigenvalue weighted by Crippen LogP contribution is 2.23. The first kappa shape index (κ1) is 20.1. The van der Waals surface area contributed by atoms with Crippen molar-refractivity contribution in [1.29, 1.82) is 0 Å². The first-order valence-corrected chi connectivity index (χ1v) is 9.57. The minimum Gasteiger partial charge on any atom is -0.452 e. The lowest BCUT2D eigenvalue weighted by Gasteiger charge is -2.09. The van der Waals surface area contributed by atoms with E-state index in [1.54, 1.807) is 47.1 Å². The topological polar surface area (TPSA) is 73.2 Å². The van der Waals surface area contributed by atoms with E-state index in [9.17, 15) is 9.59 Å². The fourth-order valence-electron chi connectivity index (χ4n) is 2.58. The van der Waals surface area contributed by atoms with Crippen molar-refractivity contribution in [2.75, 3.05) is 11.9 Å². The van der Waals surface area contributed by atoms with Gasteiger partial charge in [0.15, 0.2) is 6.61 Å². The Hall–Kier alpha value is -2.64. The molecule has 0 saturated carbocycles. The zero-order valence-electron chi connectivity index (χ0n) is 15.2. The molecule has 1 heterocycles. The van der Waals surface area contributed by atoms with Gasteiger partial charge in [0, 0.05) is 4.47 Å². The molecule has 28 heavy (non-hydrogen) atoms. The molecule has 3 aromatic rings. The number of carbonyl (C=O) groups excluding carboxylic acids is 2. The summed E-state index contributed by atoms with van der Waals surface area (Å²) in [7, 11) is 0. The normalized spacial score (nSPS) is 10.6. The summed E-state index contributed by atoms with van der Waals surface area (Å²) in [6, 6.07) is 13.9. The Labute approximate surface area is 175 Å². The molecule has 1 N–H and O–H groups in total. The molecule has 3 rings (SSSR count). The minimum atomic E-state index is -0.583. The third-order valence-corrected chi connectivity index (χ3v) is 5.27. The van der Waals surface area contributed by atoms with Gasteiger partial charge in [0.2, 0.25) is 0 Å². The maximum atomic E-state index is 12.2. The lowest BCUT2D eigenvalue weighted by molar-refractivity contribution is -0.119. The summed E-state index contributed by atoms with van der Waals surface area (Å²) in [6.07, 6.45) is 0. The molecular weight excluding hydrogens is 446 g/mol. The second kappa shape index (κ2) is 8.58. The van der Waals surface area contributed by atoms with E-state index in [1.165, 1.54) is 0 Å². The van der Waals surface area contributed by atoms with Crippen molar-refractivity contribution in [2.45, 2.75) is 13.8 Å². The molecule has 0 fully saturated rings. The number of aromatic nitrogens is 2. The number of esters is 1. The average Bonchev–Trinajstić information content (AvgIpc) is 2.95. The van der Waals surface area contributed by atoms with Crippen molar-refractivity contribution in [1.82, 2.24) is 9.78 Å². The molecule has 0 aliphatic carbocycles. The summed E-state index contributed by atoms with van der Waals surface area (Å²) in [5.74, 6) is -1.01. The van der Waals surface area contributed by atoms with E-state index in [1.807, 2.05) is 19.9 Å². The minimum absolute atomic E-state index is 0.338. The number of para-hydroxylation sites is 1. The van der Waals surface area contributed by atoms with Crippen LogP contribution in [0, 0.1) is 13.8 Å². The van der Waals surface area contributed by atoms with Gasteiger partial charge in [-0.25, -0.2) is 9.48 Å². The van der Waals surface area contributed by atoms with Gasteiger partial charge in [0.1, 0.15) is 0 Å². The predicted octanol–water partition coefficient (Wildman–Crippen LogP) is 4.70. The second-order valence-electron chi connectivity index (χ2n) is 6.05. The van der Waals surface area contributed by atoms with Crippen LogP contribution in [0.3, 0.4) is 0 Å². The van der Waals surface area contributed by atoms with E-state index in [-0.39, 0.29) is 6.61 Å². The number of aryl methyl sites for hydroxylation is 1. The van der Waals surface area contributed by atoms with Gasteiger partial charge in [-0.2, -0.15) is 5.10 Å². The van der Waals surface area contributed by atoms with Crippen LogP contribution in [0.25, 0.3) is 5.69 Å². The Balaban J connectivity index is 1.61. The van der Waals surface area contributed by atoms with Crippen LogP contribution in [-0.4, -0.2) is 28.3 Å². The molecule has 0 radical (unpaired) electrons. The maximum Gasteiger partial charge on any atom is 0.338 e. The summed E-state index contributed by atoms with van der Waals surface area (Å²) < 4.78 is 7.54. The number of anilines is 1. The molecule has 0 atom stereocenters. The number of hydrogen-bond donors (Lipinski definition) is 1. The van der Waals surface area contributed by atoms with Crippen LogP contribution in [-0.2, 0) is 9.53 Å². The lowest BCUT2D eigenvalue weighted by Crippen LogP contribution is -2.21. The number of amides is 1. The van der Waals surface area contributed by atoms with Gasteiger partial charge < -0.3 is 10.1 Å².